The molecule has 0 N–H and O–H groups in total. The SMILES string of the molecule is COc1cc(-c2cc(C)c3cc(CS(C)(=O)=O)ccc3n2)ccn1. The number of aromatic nitrogens is 2. The first-order chi connectivity index (χ1) is 11.4. The monoisotopic (exact) mass is 342 g/mol. The van der Waals surface area contributed by atoms with Crippen LogP contribution in [0.2, 0.25) is 0 Å². The van der Waals surface area contributed by atoms with Gasteiger partial charge in [0.1, 0.15) is 0 Å². The molecule has 2 aromatic heterocycles. The lowest BCUT2D eigenvalue weighted by Crippen LogP contribution is -2.01. The molecule has 0 bridgehead atoms. The van der Waals surface area contributed by atoms with Crippen LogP contribution in [0.5, 0.6) is 5.88 Å². The van der Waals surface area contributed by atoms with Gasteiger partial charge in [-0.05, 0) is 42.3 Å². The first kappa shape index (κ1) is 16.4. The van der Waals surface area contributed by atoms with Crippen molar-refractivity contribution in [2.24, 2.45) is 0 Å². The van der Waals surface area contributed by atoms with E-state index in [0.29, 0.717) is 5.88 Å². The number of sulfone groups is 1. The van der Waals surface area contributed by atoms with Gasteiger partial charge >= 0.3 is 0 Å². The predicted octanol–water partition coefficient (Wildman–Crippen LogP) is 3.16. The maximum Gasteiger partial charge on any atom is 0.213 e. The van der Waals surface area contributed by atoms with Crippen molar-refractivity contribution in [1.82, 2.24) is 9.97 Å². The summed E-state index contributed by atoms with van der Waals surface area (Å²) in [6.07, 6.45) is 2.92. The van der Waals surface area contributed by atoms with Crippen LogP contribution in [-0.2, 0) is 15.6 Å². The Kier molecular flexibility index (Phi) is 4.24. The molecule has 1 aromatic carbocycles. The van der Waals surface area contributed by atoms with Gasteiger partial charge in [0.05, 0.1) is 24.1 Å². The molecule has 3 rings (SSSR count). The summed E-state index contributed by atoms with van der Waals surface area (Å²) >= 11 is 0. The number of nitrogens with zero attached hydrogens (tertiary/aromatic N) is 2. The largest absolute Gasteiger partial charge is 0.481 e. The van der Waals surface area contributed by atoms with Gasteiger partial charge in [0.2, 0.25) is 5.88 Å². The highest BCUT2D eigenvalue weighted by Crippen LogP contribution is 2.26. The second-order valence-corrected chi connectivity index (χ2v) is 7.97. The Balaban J connectivity index is 2.09. The van der Waals surface area contributed by atoms with E-state index in [4.69, 9.17) is 4.74 Å². The number of hydrogen-bond donors (Lipinski definition) is 0. The first-order valence-electron chi connectivity index (χ1n) is 7.44. The third-order valence-electron chi connectivity index (χ3n) is 3.75. The van der Waals surface area contributed by atoms with Crippen LogP contribution in [0.15, 0.2) is 42.6 Å². The number of fused-ring (bicyclic) bond motifs is 1. The Hall–Kier alpha value is -2.47. The number of benzene rings is 1. The maximum absolute atomic E-state index is 11.5. The molecule has 0 aliphatic heterocycles. The molecule has 0 unspecified atom stereocenters. The highest BCUT2D eigenvalue weighted by Gasteiger charge is 2.10. The third kappa shape index (κ3) is 3.54. The molecular formula is C18H18N2O3S. The van der Waals surface area contributed by atoms with Crippen molar-refractivity contribution in [2.45, 2.75) is 12.7 Å². The zero-order chi connectivity index (χ0) is 17.3. The van der Waals surface area contributed by atoms with Crippen LogP contribution in [0.4, 0.5) is 0 Å². The van der Waals surface area contributed by atoms with Crippen molar-refractivity contribution in [1.29, 1.82) is 0 Å². The molecule has 0 amide bonds. The van der Waals surface area contributed by atoms with E-state index in [1.165, 1.54) is 6.26 Å². The lowest BCUT2D eigenvalue weighted by Gasteiger charge is -2.09. The van der Waals surface area contributed by atoms with Crippen molar-refractivity contribution in [3.05, 3.63) is 53.7 Å². The van der Waals surface area contributed by atoms with E-state index in [9.17, 15) is 8.42 Å². The molecule has 0 aliphatic carbocycles. The minimum atomic E-state index is -3.06. The maximum atomic E-state index is 11.5. The minimum absolute atomic E-state index is 0.0334. The molecule has 5 nitrogen and oxygen atoms in total. The summed E-state index contributed by atoms with van der Waals surface area (Å²) < 4.78 is 28.1. The van der Waals surface area contributed by atoms with Gasteiger partial charge < -0.3 is 4.74 Å². The summed E-state index contributed by atoms with van der Waals surface area (Å²) in [6.45, 7) is 2.00. The fourth-order valence-electron chi connectivity index (χ4n) is 2.66. The van der Waals surface area contributed by atoms with E-state index < -0.39 is 9.84 Å². The van der Waals surface area contributed by atoms with Crippen LogP contribution in [0.1, 0.15) is 11.1 Å². The molecule has 3 aromatic rings. The van der Waals surface area contributed by atoms with Crippen molar-refractivity contribution in [2.75, 3.05) is 13.4 Å². The molecule has 0 atom stereocenters. The number of hydrogen-bond acceptors (Lipinski definition) is 5. The number of aryl methyl sites for hydroxylation is 1. The molecule has 0 fully saturated rings. The molecule has 0 saturated carbocycles. The molecule has 24 heavy (non-hydrogen) atoms. The van der Waals surface area contributed by atoms with Crippen LogP contribution in [-0.4, -0.2) is 31.8 Å². The van der Waals surface area contributed by atoms with Crippen LogP contribution in [0, 0.1) is 6.92 Å². The Bertz CT molecular complexity index is 1010. The summed E-state index contributed by atoms with van der Waals surface area (Å²) in [4.78, 5) is 8.79. The summed E-state index contributed by atoms with van der Waals surface area (Å²) in [7, 11) is -1.48. The molecular weight excluding hydrogens is 324 g/mol. The number of ether oxygens (including phenoxy) is 1. The van der Waals surface area contributed by atoms with Crippen LogP contribution in [0.25, 0.3) is 22.2 Å². The molecule has 0 spiro atoms. The van der Waals surface area contributed by atoms with Gasteiger partial charge in [0, 0.05) is 29.5 Å². The predicted molar refractivity (Wildman–Crippen MR) is 94.8 cm³/mol. The van der Waals surface area contributed by atoms with Gasteiger partial charge in [-0.1, -0.05) is 6.07 Å². The van der Waals surface area contributed by atoms with Crippen molar-refractivity contribution < 1.29 is 13.2 Å². The van der Waals surface area contributed by atoms with Gasteiger partial charge in [0.15, 0.2) is 9.84 Å². The van der Waals surface area contributed by atoms with E-state index in [1.807, 2.05) is 43.3 Å². The highest BCUT2D eigenvalue weighted by molar-refractivity contribution is 7.89. The molecule has 124 valence electrons. The van der Waals surface area contributed by atoms with E-state index in [2.05, 4.69) is 9.97 Å². The van der Waals surface area contributed by atoms with E-state index in [-0.39, 0.29) is 5.75 Å². The highest BCUT2D eigenvalue weighted by atomic mass is 32.2. The van der Waals surface area contributed by atoms with E-state index >= 15 is 0 Å². The summed E-state index contributed by atoms with van der Waals surface area (Å²) in [5.41, 5.74) is 4.40. The Morgan fingerprint density at radius 1 is 1.12 bits per heavy atom. The normalized spacial score (nSPS) is 11.6. The summed E-state index contributed by atoms with van der Waals surface area (Å²) in [5, 5.41) is 0.959. The third-order valence-corrected chi connectivity index (χ3v) is 4.61. The number of pyridine rings is 2. The van der Waals surface area contributed by atoms with Crippen molar-refractivity contribution in [3.8, 4) is 17.1 Å². The number of methoxy groups -OCH3 is 1. The zero-order valence-corrected chi connectivity index (χ0v) is 14.6. The molecule has 0 aliphatic rings. The average molecular weight is 342 g/mol. The summed E-state index contributed by atoms with van der Waals surface area (Å²) in [5.74, 6) is 0.571. The Labute approximate surface area is 141 Å². The minimum Gasteiger partial charge on any atom is -0.481 e. The smallest absolute Gasteiger partial charge is 0.213 e. The van der Waals surface area contributed by atoms with Gasteiger partial charge in [-0.2, -0.15) is 0 Å². The molecule has 0 radical (unpaired) electrons. The summed E-state index contributed by atoms with van der Waals surface area (Å²) in [6, 6.07) is 11.3. The van der Waals surface area contributed by atoms with Crippen LogP contribution in [0.3, 0.4) is 0 Å². The fraction of sp³-hybridized carbons (Fsp3) is 0.222. The Morgan fingerprint density at radius 2 is 1.92 bits per heavy atom. The molecule has 2 heterocycles. The lowest BCUT2D eigenvalue weighted by molar-refractivity contribution is 0.398. The lowest BCUT2D eigenvalue weighted by atomic mass is 10.0. The quantitative estimate of drug-likeness (QED) is 0.728. The fourth-order valence-corrected chi connectivity index (χ4v) is 3.45. The van der Waals surface area contributed by atoms with Gasteiger partial charge in [0.25, 0.3) is 0 Å². The first-order valence-corrected chi connectivity index (χ1v) is 9.50. The van der Waals surface area contributed by atoms with Crippen LogP contribution >= 0.6 is 0 Å². The van der Waals surface area contributed by atoms with Crippen molar-refractivity contribution in [3.63, 3.8) is 0 Å². The van der Waals surface area contributed by atoms with E-state index in [0.717, 1.165) is 33.3 Å². The van der Waals surface area contributed by atoms with E-state index in [1.54, 1.807) is 13.3 Å². The average Bonchev–Trinajstić information content (AvgIpc) is 2.54. The van der Waals surface area contributed by atoms with Gasteiger partial charge in [-0.15, -0.1) is 0 Å². The second kappa shape index (κ2) is 6.20. The van der Waals surface area contributed by atoms with Crippen molar-refractivity contribution >= 4 is 20.7 Å². The standard InChI is InChI=1S/C18H18N2O3S/c1-12-8-17(14-6-7-19-18(10-14)23-2)20-16-5-4-13(9-15(12)16)11-24(3,21)22/h4-10H,11H2,1-3H3. The number of rotatable bonds is 4. The van der Waals surface area contributed by atoms with Crippen LogP contribution < -0.4 is 4.74 Å². The topological polar surface area (TPSA) is 69.2 Å². The second-order valence-electron chi connectivity index (χ2n) is 5.83. The zero-order valence-electron chi connectivity index (χ0n) is 13.8. The molecule has 6 heteroatoms. The molecule has 0 saturated heterocycles. The van der Waals surface area contributed by atoms with Gasteiger partial charge in [-0.3, -0.25) is 0 Å². The van der Waals surface area contributed by atoms with Gasteiger partial charge in [-0.25, -0.2) is 18.4 Å². The Morgan fingerprint density at radius 3 is 2.62 bits per heavy atom.